The zero-order valence-electron chi connectivity index (χ0n) is 11.4. The van der Waals surface area contributed by atoms with Crippen LogP contribution in [-0.4, -0.2) is 68.5 Å². The third-order valence-corrected chi connectivity index (χ3v) is 4.25. The molecule has 0 aromatic carbocycles. The van der Waals surface area contributed by atoms with E-state index < -0.39 is 16.2 Å². The quantitative estimate of drug-likeness (QED) is 0.598. The number of carboxylic acid groups (broad SMARTS) is 1. The topological polar surface area (TPSA) is 90.0 Å². The molecule has 0 saturated heterocycles. The molecule has 0 aromatic heterocycles. The minimum absolute atomic E-state index is 0.0370. The van der Waals surface area contributed by atoms with Gasteiger partial charge in [0.15, 0.2) is 0 Å². The van der Waals surface area contributed by atoms with E-state index in [2.05, 4.69) is 4.72 Å². The van der Waals surface area contributed by atoms with Crippen LogP contribution in [0, 0.1) is 0 Å². The molecule has 0 aliphatic carbocycles. The second kappa shape index (κ2) is 7.67. The van der Waals surface area contributed by atoms with Crippen molar-refractivity contribution < 1.29 is 18.3 Å². The van der Waals surface area contributed by atoms with Crippen molar-refractivity contribution in [3.8, 4) is 0 Å². The summed E-state index contributed by atoms with van der Waals surface area (Å²) in [6.07, 6.45) is -0.205. The Morgan fingerprint density at radius 1 is 1.28 bits per heavy atom. The summed E-state index contributed by atoms with van der Waals surface area (Å²) in [5, 5.41) is 8.49. The maximum atomic E-state index is 11.7. The summed E-state index contributed by atoms with van der Waals surface area (Å²) >= 11 is 0. The average molecular weight is 281 g/mol. The minimum atomic E-state index is -3.58. The van der Waals surface area contributed by atoms with Crippen LogP contribution < -0.4 is 4.72 Å². The first-order chi connectivity index (χ1) is 8.16. The molecule has 0 atom stereocenters. The SMILES string of the molecule is CC(C)N(C)CCNS(=O)(=O)N(C)CCC(=O)O. The van der Waals surface area contributed by atoms with Crippen LogP contribution in [0.5, 0.6) is 0 Å². The summed E-state index contributed by atoms with van der Waals surface area (Å²) in [5.74, 6) is -1.02. The van der Waals surface area contributed by atoms with Crippen molar-refractivity contribution in [2.24, 2.45) is 0 Å². The zero-order valence-corrected chi connectivity index (χ0v) is 12.2. The highest BCUT2D eigenvalue weighted by Crippen LogP contribution is 1.97. The first-order valence-electron chi connectivity index (χ1n) is 5.79. The predicted octanol–water partition coefficient (Wildman–Crippen LogP) is -0.432. The maximum Gasteiger partial charge on any atom is 0.304 e. The Bertz CT molecular complexity index is 356. The van der Waals surface area contributed by atoms with Gasteiger partial charge in [0.05, 0.1) is 6.42 Å². The smallest absolute Gasteiger partial charge is 0.304 e. The normalized spacial score (nSPS) is 12.6. The second-order valence-electron chi connectivity index (χ2n) is 4.44. The van der Waals surface area contributed by atoms with Gasteiger partial charge in [-0.05, 0) is 20.9 Å². The standard InChI is InChI=1S/C10H23N3O4S/c1-9(2)12(3)8-6-11-18(16,17)13(4)7-5-10(14)15/h9,11H,5-8H2,1-4H3,(H,14,15). The van der Waals surface area contributed by atoms with Gasteiger partial charge in [0.25, 0.3) is 10.2 Å². The van der Waals surface area contributed by atoms with E-state index in [0.29, 0.717) is 19.1 Å². The third-order valence-electron chi connectivity index (χ3n) is 2.68. The summed E-state index contributed by atoms with van der Waals surface area (Å²) in [7, 11) is -0.316. The van der Waals surface area contributed by atoms with E-state index in [1.54, 1.807) is 0 Å². The van der Waals surface area contributed by atoms with Crippen LogP contribution in [0.15, 0.2) is 0 Å². The van der Waals surface area contributed by atoms with Crippen LogP contribution in [0.2, 0.25) is 0 Å². The van der Waals surface area contributed by atoms with Crippen LogP contribution in [0.4, 0.5) is 0 Å². The molecule has 0 spiro atoms. The van der Waals surface area contributed by atoms with Crippen LogP contribution >= 0.6 is 0 Å². The van der Waals surface area contributed by atoms with Crippen molar-refractivity contribution in [2.75, 3.05) is 33.7 Å². The van der Waals surface area contributed by atoms with Gasteiger partial charge in [-0.15, -0.1) is 0 Å². The molecule has 0 fully saturated rings. The van der Waals surface area contributed by atoms with Crippen LogP contribution in [0.25, 0.3) is 0 Å². The Kier molecular flexibility index (Phi) is 7.37. The number of likely N-dealkylation sites (N-methyl/N-ethyl adjacent to an activating group) is 1. The van der Waals surface area contributed by atoms with E-state index in [1.165, 1.54) is 7.05 Å². The fourth-order valence-corrected chi connectivity index (χ4v) is 1.99. The number of hydrogen-bond donors (Lipinski definition) is 2. The van der Waals surface area contributed by atoms with Crippen molar-refractivity contribution >= 4 is 16.2 Å². The fraction of sp³-hybridized carbons (Fsp3) is 0.900. The minimum Gasteiger partial charge on any atom is -0.481 e. The summed E-state index contributed by atoms with van der Waals surface area (Å²) in [6, 6.07) is 0.347. The van der Waals surface area contributed by atoms with Crippen molar-refractivity contribution in [3.05, 3.63) is 0 Å². The largest absolute Gasteiger partial charge is 0.481 e. The molecule has 0 rings (SSSR count). The van der Waals surface area contributed by atoms with Crippen molar-refractivity contribution in [1.82, 2.24) is 13.9 Å². The molecule has 0 saturated carbocycles. The van der Waals surface area contributed by atoms with E-state index in [4.69, 9.17) is 5.11 Å². The Balaban J connectivity index is 4.11. The Labute approximate surface area is 109 Å². The van der Waals surface area contributed by atoms with Crippen molar-refractivity contribution in [2.45, 2.75) is 26.3 Å². The number of aliphatic carboxylic acids is 1. The van der Waals surface area contributed by atoms with E-state index >= 15 is 0 Å². The van der Waals surface area contributed by atoms with Crippen LogP contribution in [0.1, 0.15) is 20.3 Å². The molecule has 18 heavy (non-hydrogen) atoms. The molecule has 7 nitrogen and oxygen atoms in total. The van der Waals surface area contributed by atoms with Crippen molar-refractivity contribution in [3.63, 3.8) is 0 Å². The molecule has 0 bridgehead atoms. The molecule has 8 heteroatoms. The number of carboxylic acids is 1. The van der Waals surface area contributed by atoms with Crippen LogP contribution in [0.3, 0.4) is 0 Å². The number of carbonyl (C=O) groups is 1. The molecule has 0 amide bonds. The molecule has 108 valence electrons. The first kappa shape index (κ1) is 17.3. The van der Waals surface area contributed by atoms with Crippen molar-refractivity contribution in [1.29, 1.82) is 0 Å². The van der Waals surface area contributed by atoms with E-state index in [0.717, 1.165) is 4.31 Å². The summed E-state index contributed by atoms with van der Waals surface area (Å²) in [6.45, 7) is 4.91. The van der Waals surface area contributed by atoms with Gasteiger partial charge >= 0.3 is 5.97 Å². The zero-order chi connectivity index (χ0) is 14.3. The molecule has 0 radical (unpaired) electrons. The maximum absolute atomic E-state index is 11.7. The first-order valence-corrected chi connectivity index (χ1v) is 7.23. The monoisotopic (exact) mass is 281 g/mol. The van der Waals surface area contributed by atoms with Gasteiger partial charge in [0, 0.05) is 32.7 Å². The predicted molar refractivity (Wildman–Crippen MR) is 69.6 cm³/mol. The molecular weight excluding hydrogens is 258 g/mol. The highest BCUT2D eigenvalue weighted by molar-refractivity contribution is 7.87. The summed E-state index contributed by atoms with van der Waals surface area (Å²) in [4.78, 5) is 12.4. The fourth-order valence-electron chi connectivity index (χ4n) is 1.09. The molecule has 0 heterocycles. The van der Waals surface area contributed by atoms with E-state index in [1.807, 2.05) is 25.8 Å². The number of hydrogen-bond acceptors (Lipinski definition) is 4. The summed E-state index contributed by atoms with van der Waals surface area (Å²) in [5.41, 5.74) is 0. The second-order valence-corrected chi connectivity index (χ2v) is 6.30. The number of nitrogens with zero attached hydrogens (tertiary/aromatic N) is 2. The number of rotatable bonds is 9. The highest BCUT2D eigenvalue weighted by atomic mass is 32.2. The van der Waals surface area contributed by atoms with Gasteiger partial charge < -0.3 is 10.0 Å². The molecule has 0 aromatic rings. The van der Waals surface area contributed by atoms with E-state index in [9.17, 15) is 13.2 Å². The highest BCUT2D eigenvalue weighted by Gasteiger charge is 2.17. The third kappa shape index (κ3) is 6.90. The lowest BCUT2D eigenvalue weighted by Crippen LogP contribution is -2.42. The average Bonchev–Trinajstić information content (AvgIpc) is 2.24. The molecular formula is C10H23N3O4S. The van der Waals surface area contributed by atoms with Gasteiger partial charge in [0.1, 0.15) is 0 Å². The molecule has 0 aliphatic heterocycles. The lowest BCUT2D eigenvalue weighted by Gasteiger charge is -2.22. The molecule has 2 N–H and O–H groups in total. The molecule has 0 unspecified atom stereocenters. The van der Waals surface area contributed by atoms with Gasteiger partial charge in [0.2, 0.25) is 0 Å². The lowest BCUT2D eigenvalue weighted by atomic mass is 10.3. The Morgan fingerprint density at radius 2 is 1.83 bits per heavy atom. The Morgan fingerprint density at radius 3 is 2.28 bits per heavy atom. The van der Waals surface area contributed by atoms with Gasteiger partial charge in [-0.1, -0.05) is 0 Å². The van der Waals surface area contributed by atoms with Gasteiger partial charge in [-0.2, -0.15) is 12.7 Å². The summed E-state index contributed by atoms with van der Waals surface area (Å²) < 4.78 is 26.8. The lowest BCUT2D eigenvalue weighted by molar-refractivity contribution is -0.137. The van der Waals surface area contributed by atoms with Gasteiger partial charge in [-0.25, -0.2) is 4.72 Å². The number of nitrogens with one attached hydrogen (secondary N) is 1. The molecule has 0 aliphatic rings. The van der Waals surface area contributed by atoms with Crippen LogP contribution in [-0.2, 0) is 15.0 Å². The van der Waals surface area contributed by atoms with E-state index in [-0.39, 0.29) is 13.0 Å². The van der Waals surface area contributed by atoms with Gasteiger partial charge in [-0.3, -0.25) is 4.79 Å². The Hall–Kier alpha value is -0.700.